The molecule has 2 bridgehead atoms. The minimum atomic E-state index is -4.28. The van der Waals surface area contributed by atoms with Crippen LogP contribution in [-0.4, -0.2) is 89.4 Å². The number of aromatic nitrogens is 4. The van der Waals surface area contributed by atoms with Crippen molar-refractivity contribution in [2.75, 3.05) is 30.8 Å². The van der Waals surface area contributed by atoms with E-state index >= 15 is 0 Å². The van der Waals surface area contributed by atoms with Crippen LogP contribution < -0.4 is 14.8 Å². The van der Waals surface area contributed by atoms with Crippen molar-refractivity contribution in [2.24, 2.45) is 17.6 Å². The smallest absolute Gasteiger partial charge is 0.329 e. The van der Waals surface area contributed by atoms with E-state index in [0.717, 1.165) is 31.2 Å². The topological polar surface area (TPSA) is 137 Å². The first kappa shape index (κ1) is 30.8. The molecule has 46 heavy (non-hydrogen) atoms. The number of methoxy groups -OCH3 is 1. The fraction of sp³-hybridized carbons (Fsp3) is 0.516. The van der Waals surface area contributed by atoms with Crippen molar-refractivity contribution in [3.63, 3.8) is 0 Å². The van der Waals surface area contributed by atoms with Crippen LogP contribution in [0.25, 0.3) is 28.1 Å². The zero-order valence-electron chi connectivity index (χ0n) is 26.1. The van der Waals surface area contributed by atoms with Gasteiger partial charge in [-0.2, -0.15) is 13.1 Å². The lowest BCUT2D eigenvalue weighted by atomic mass is 10.1. The highest BCUT2D eigenvalue weighted by molar-refractivity contribution is 7.92. The van der Waals surface area contributed by atoms with Crippen LogP contribution in [0, 0.1) is 18.8 Å². The highest BCUT2D eigenvalue weighted by Gasteiger charge is 2.53. The van der Waals surface area contributed by atoms with Gasteiger partial charge in [0.1, 0.15) is 22.8 Å². The van der Waals surface area contributed by atoms with E-state index < -0.39 is 16.6 Å². The number of fused-ring (bicyclic) bond motifs is 4. The van der Waals surface area contributed by atoms with Gasteiger partial charge in [-0.05, 0) is 69.2 Å². The van der Waals surface area contributed by atoms with Crippen LogP contribution in [0.4, 0.5) is 14.6 Å². The van der Waals surface area contributed by atoms with Crippen LogP contribution in [0.5, 0.6) is 5.88 Å². The third-order valence-corrected chi connectivity index (χ3v) is 10.6. The molecule has 7 rings (SSSR count). The van der Waals surface area contributed by atoms with Gasteiger partial charge in [0.25, 0.3) is 5.91 Å². The number of hydrogen-bond acceptors (Lipinski definition) is 8. The number of ether oxygens (including phenoxy) is 2. The summed E-state index contributed by atoms with van der Waals surface area (Å²) in [5.41, 5.74) is 9.87. The molecule has 246 valence electrons. The number of halogens is 2. The monoisotopic (exact) mass is 657 g/mol. The number of pyridine rings is 2. The molecule has 2 saturated carbocycles. The number of carbonyl (C=O) groups is 1. The number of nitrogens with two attached hydrogens (primary N) is 1. The lowest BCUT2D eigenvalue weighted by molar-refractivity contribution is -0.00238. The molecule has 15 heteroatoms. The molecule has 1 aliphatic heterocycles. The first-order valence-corrected chi connectivity index (χ1v) is 17.3. The predicted molar refractivity (Wildman–Crippen MR) is 168 cm³/mol. The van der Waals surface area contributed by atoms with E-state index in [1.165, 1.54) is 13.2 Å². The number of amides is 1. The van der Waals surface area contributed by atoms with E-state index in [2.05, 4.69) is 4.98 Å². The zero-order valence-corrected chi connectivity index (χ0v) is 26.9. The maximum Gasteiger partial charge on any atom is 0.329 e. The number of anilines is 1. The normalized spacial score (nSPS) is 22.9. The van der Waals surface area contributed by atoms with Gasteiger partial charge in [-0.3, -0.25) is 9.20 Å². The van der Waals surface area contributed by atoms with Crippen LogP contribution in [0.1, 0.15) is 42.2 Å². The maximum atomic E-state index is 13.9. The molecule has 0 spiro atoms. The summed E-state index contributed by atoms with van der Waals surface area (Å²) in [7, 11) is -2.74. The number of carbonyl (C=O) groups excluding carboxylic acids is 1. The number of aryl methyl sites for hydroxylation is 1. The summed E-state index contributed by atoms with van der Waals surface area (Å²) in [5.74, 6) is 0.469. The number of alkyl halides is 2. The van der Waals surface area contributed by atoms with Crippen molar-refractivity contribution in [1.29, 1.82) is 0 Å². The van der Waals surface area contributed by atoms with E-state index in [9.17, 15) is 22.0 Å². The number of rotatable bonds is 10. The van der Waals surface area contributed by atoms with Crippen molar-refractivity contribution in [3.05, 3.63) is 41.6 Å². The third-order valence-electron chi connectivity index (χ3n) is 9.53. The predicted octanol–water partition coefficient (Wildman–Crippen LogP) is 3.64. The summed E-state index contributed by atoms with van der Waals surface area (Å²) < 4.78 is 67.6. The van der Waals surface area contributed by atoms with Crippen molar-refractivity contribution in [1.82, 2.24) is 23.8 Å². The number of hydrogen-bond donors (Lipinski definition) is 1. The molecule has 1 saturated heterocycles. The van der Waals surface area contributed by atoms with Gasteiger partial charge in [0.15, 0.2) is 5.88 Å². The van der Waals surface area contributed by atoms with Crippen LogP contribution >= 0.6 is 0 Å². The summed E-state index contributed by atoms with van der Waals surface area (Å²) in [6.45, 7) is 2.23. The van der Waals surface area contributed by atoms with E-state index in [1.807, 2.05) is 33.8 Å². The molecular formula is C31H37F2N7O5S. The van der Waals surface area contributed by atoms with Crippen LogP contribution in [0.3, 0.4) is 0 Å². The second-order valence-corrected chi connectivity index (χ2v) is 14.4. The second kappa shape index (κ2) is 11.2. The molecule has 4 aromatic heterocycles. The van der Waals surface area contributed by atoms with Crippen molar-refractivity contribution in [2.45, 2.75) is 64.4 Å². The SMILES string of the molecule is CCOC1C[C@@H]2CN(C(=O)c3cc(OC)n4c(C)c(-c5cc6ccc(N(C(F)F)S(C)(=O)=O)nc6n5CC5CC5)nc4c3)C1[C@@H]2N. The lowest BCUT2D eigenvalue weighted by Crippen LogP contribution is -2.49. The van der Waals surface area contributed by atoms with Crippen LogP contribution in [0.2, 0.25) is 0 Å². The first-order valence-electron chi connectivity index (χ1n) is 15.4. The number of nitrogens with zero attached hydrogens (tertiary/aromatic N) is 6. The molecule has 1 amide bonds. The Hall–Kier alpha value is -3.82. The fourth-order valence-corrected chi connectivity index (χ4v) is 7.98. The molecule has 2 N–H and O–H groups in total. The molecule has 4 atom stereocenters. The Balaban J connectivity index is 1.32. The maximum absolute atomic E-state index is 13.9. The molecule has 5 heterocycles. The summed E-state index contributed by atoms with van der Waals surface area (Å²) in [4.78, 5) is 25.1. The molecule has 4 aromatic rings. The highest BCUT2D eigenvalue weighted by atomic mass is 32.2. The van der Waals surface area contributed by atoms with Gasteiger partial charge in [-0.1, -0.05) is 0 Å². The average molecular weight is 658 g/mol. The summed E-state index contributed by atoms with van der Waals surface area (Å²) in [6, 6.07) is 7.87. The molecule has 0 aromatic carbocycles. The highest BCUT2D eigenvalue weighted by Crippen LogP contribution is 2.41. The minimum absolute atomic E-state index is 0.0236. The Morgan fingerprint density at radius 2 is 1.96 bits per heavy atom. The van der Waals surface area contributed by atoms with Crippen LogP contribution in [-0.2, 0) is 21.3 Å². The van der Waals surface area contributed by atoms with Gasteiger partial charge in [-0.25, -0.2) is 18.4 Å². The number of imidazole rings is 1. The zero-order chi connectivity index (χ0) is 32.7. The Bertz CT molecular complexity index is 1960. The number of likely N-dealkylation sites (tertiary alicyclic amines) is 1. The Kier molecular flexibility index (Phi) is 7.48. The lowest BCUT2D eigenvalue weighted by Gasteiger charge is -2.33. The molecular weight excluding hydrogens is 620 g/mol. The van der Waals surface area contributed by atoms with E-state index in [-0.39, 0.29) is 40.1 Å². The molecule has 3 aliphatic rings. The molecule has 3 fully saturated rings. The third kappa shape index (κ3) is 4.99. The number of piperidine rings is 1. The van der Waals surface area contributed by atoms with E-state index in [1.54, 1.807) is 18.2 Å². The van der Waals surface area contributed by atoms with Crippen molar-refractivity contribution >= 4 is 38.4 Å². The Morgan fingerprint density at radius 1 is 1.20 bits per heavy atom. The summed E-state index contributed by atoms with van der Waals surface area (Å²) >= 11 is 0. The van der Waals surface area contributed by atoms with Gasteiger partial charge in [0, 0.05) is 42.8 Å². The molecule has 2 aliphatic carbocycles. The fourth-order valence-electron chi connectivity index (χ4n) is 7.25. The van der Waals surface area contributed by atoms with Crippen molar-refractivity contribution < 1.29 is 31.5 Å². The van der Waals surface area contributed by atoms with Crippen molar-refractivity contribution in [3.8, 4) is 17.3 Å². The van der Waals surface area contributed by atoms with Gasteiger partial charge in [0.05, 0.1) is 36.9 Å². The molecule has 12 nitrogen and oxygen atoms in total. The minimum Gasteiger partial charge on any atom is -0.482 e. The Labute approximate surface area is 265 Å². The van der Waals surface area contributed by atoms with E-state index in [0.29, 0.717) is 65.1 Å². The van der Waals surface area contributed by atoms with E-state index in [4.69, 9.17) is 20.2 Å². The van der Waals surface area contributed by atoms with Gasteiger partial charge in [0.2, 0.25) is 10.0 Å². The summed E-state index contributed by atoms with van der Waals surface area (Å²) in [6.07, 6.45) is 3.50. The molecule has 0 radical (unpaired) electrons. The Morgan fingerprint density at radius 3 is 2.59 bits per heavy atom. The summed E-state index contributed by atoms with van der Waals surface area (Å²) in [5, 5.41) is 0.658. The first-order chi connectivity index (χ1) is 21.9. The standard InChI is InChI=1S/C31H37F2N7O5S/c1-5-45-22-11-20-15-38(28(22)26(20)34)30(41)19-12-24-35-27(16(2)39(24)25(13-19)44-3)21-10-18-8-9-23(40(31(32)33)46(4,42)43)36-29(18)37(21)14-17-6-7-17/h8-10,12-13,17,20,22,26,28,31H,5-7,11,14-15,34H2,1-4H3/t20-,22?,26-,28?/m1/s1. The number of sulfonamides is 1. The van der Waals surface area contributed by atoms with Gasteiger partial charge >= 0.3 is 6.55 Å². The average Bonchev–Trinajstić information content (AvgIpc) is 3.44. The van der Waals surface area contributed by atoms with Gasteiger partial charge < -0.3 is 24.7 Å². The quantitative estimate of drug-likeness (QED) is 0.255. The van der Waals surface area contributed by atoms with Crippen LogP contribution in [0.15, 0.2) is 30.3 Å². The second-order valence-electron chi connectivity index (χ2n) is 12.5. The van der Waals surface area contributed by atoms with Gasteiger partial charge in [-0.15, -0.1) is 0 Å². The largest absolute Gasteiger partial charge is 0.482 e. The molecule has 2 unspecified atom stereocenters.